The third-order valence-corrected chi connectivity index (χ3v) is 3.91. The van der Waals surface area contributed by atoms with Gasteiger partial charge in [0.2, 0.25) is 0 Å². The van der Waals surface area contributed by atoms with Gasteiger partial charge in [-0.25, -0.2) is 4.79 Å². The van der Waals surface area contributed by atoms with Gasteiger partial charge in [0.25, 0.3) is 0 Å². The fraction of sp³-hybridized carbons (Fsp3) is 0.556. The lowest BCUT2D eigenvalue weighted by Crippen LogP contribution is -2.44. The lowest BCUT2D eigenvalue weighted by atomic mass is 10.0. The second-order valence-corrected chi connectivity index (χ2v) is 6.93. The van der Waals surface area contributed by atoms with Crippen molar-refractivity contribution >= 4 is 18.1 Å². The van der Waals surface area contributed by atoms with Crippen molar-refractivity contribution in [1.29, 1.82) is 0 Å². The fourth-order valence-electron chi connectivity index (χ4n) is 2.72. The third-order valence-electron chi connectivity index (χ3n) is 3.91. The van der Waals surface area contributed by atoms with Crippen molar-refractivity contribution in [1.82, 2.24) is 4.90 Å². The highest BCUT2D eigenvalue weighted by Gasteiger charge is 2.27. The molecule has 0 spiro atoms. The van der Waals surface area contributed by atoms with Gasteiger partial charge in [0, 0.05) is 24.8 Å². The first kappa shape index (κ1) is 18.1. The van der Waals surface area contributed by atoms with Crippen molar-refractivity contribution in [3.8, 4) is 5.75 Å². The lowest BCUT2D eigenvalue weighted by Gasteiger charge is -2.34. The molecule has 1 aliphatic heterocycles. The Balaban J connectivity index is 1.94. The number of carbonyl (C=O) groups excluding carboxylic acids is 2. The monoisotopic (exact) mass is 334 g/mol. The highest BCUT2D eigenvalue weighted by molar-refractivity contribution is 5.88. The van der Waals surface area contributed by atoms with E-state index in [9.17, 15) is 9.59 Å². The van der Waals surface area contributed by atoms with Gasteiger partial charge in [0.1, 0.15) is 11.4 Å². The Labute approximate surface area is 143 Å². The van der Waals surface area contributed by atoms with Crippen LogP contribution in [0.15, 0.2) is 18.2 Å². The molecule has 1 saturated heterocycles. The fourth-order valence-corrected chi connectivity index (χ4v) is 2.72. The van der Waals surface area contributed by atoms with Gasteiger partial charge in [-0.15, -0.1) is 0 Å². The van der Waals surface area contributed by atoms with Crippen LogP contribution in [0.25, 0.3) is 0 Å². The van der Waals surface area contributed by atoms with Crippen LogP contribution in [0.3, 0.4) is 0 Å². The van der Waals surface area contributed by atoms with Crippen LogP contribution in [-0.4, -0.2) is 49.1 Å². The minimum Gasteiger partial charge on any atom is -0.496 e. The number of nitrogens with zero attached hydrogens (tertiary/aromatic N) is 1. The first-order chi connectivity index (χ1) is 11.3. The minimum absolute atomic E-state index is 0.203. The highest BCUT2D eigenvalue weighted by Crippen LogP contribution is 2.27. The predicted octanol–water partition coefficient (Wildman–Crippen LogP) is 3.32. The molecule has 0 aliphatic carbocycles. The van der Waals surface area contributed by atoms with E-state index in [2.05, 4.69) is 5.32 Å². The summed E-state index contributed by atoms with van der Waals surface area (Å²) in [5, 5.41) is 3.39. The SMILES string of the molecule is COc1cccc(NC2CCN(C(=O)OC(C)(C)C)CC2)c1C=O. The van der Waals surface area contributed by atoms with Crippen LogP contribution in [0, 0.1) is 0 Å². The maximum absolute atomic E-state index is 12.1. The number of likely N-dealkylation sites (tertiary alicyclic amines) is 1. The Kier molecular flexibility index (Phi) is 5.70. The molecule has 0 bridgehead atoms. The molecule has 1 fully saturated rings. The first-order valence-electron chi connectivity index (χ1n) is 8.20. The van der Waals surface area contributed by atoms with E-state index in [-0.39, 0.29) is 12.1 Å². The Hall–Kier alpha value is -2.24. The van der Waals surface area contributed by atoms with Crippen LogP contribution in [-0.2, 0) is 4.74 Å². The summed E-state index contributed by atoms with van der Waals surface area (Å²) in [7, 11) is 1.55. The molecular formula is C18H26N2O4. The van der Waals surface area contributed by atoms with Crippen LogP contribution in [0.5, 0.6) is 5.75 Å². The zero-order chi connectivity index (χ0) is 17.7. The summed E-state index contributed by atoms with van der Waals surface area (Å²) in [4.78, 5) is 25.1. The number of benzene rings is 1. The van der Waals surface area contributed by atoms with Gasteiger partial charge in [0.05, 0.1) is 12.7 Å². The van der Waals surface area contributed by atoms with E-state index in [1.165, 1.54) is 0 Å². The van der Waals surface area contributed by atoms with E-state index in [1.54, 1.807) is 18.1 Å². The maximum atomic E-state index is 12.1. The summed E-state index contributed by atoms with van der Waals surface area (Å²) >= 11 is 0. The molecule has 1 aromatic carbocycles. The number of hydrogen-bond donors (Lipinski definition) is 1. The summed E-state index contributed by atoms with van der Waals surface area (Å²) in [5.74, 6) is 0.557. The number of nitrogens with one attached hydrogen (secondary N) is 1. The summed E-state index contributed by atoms with van der Waals surface area (Å²) in [6, 6.07) is 5.69. The molecule has 1 aromatic rings. The lowest BCUT2D eigenvalue weighted by molar-refractivity contribution is 0.0210. The molecule has 24 heavy (non-hydrogen) atoms. The number of rotatable bonds is 4. The number of anilines is 1. The summed E-state index contributed by atoms with van der Waals surface area (Å²) in [6.45, 7) is 6.86. The molecule has 1 aliphatic rings. The first-order valence-corrected chi connectivity index (χ1v) is 8.20. The molecule has 0 atom stereocenters. The molecule has 6 nitrogen and oxygen atoms in total. The van der Waals surface area contributed by atoms with Gasteiger partial charge in [-0.2, -0.15) is 0 Å². The van der Waals surface area contributed by atoms with Crippen LogP contribution >= 0.6 is 0 Å². The molecule has 1 amide bonds. The molecule has 0 saturated carbocycles. The smallest absolute Gasteiger partial charge is 0.410 e. The molecule has 6 heteroatoms. The quantitative estimate of drug-likeness (QED) is 0.856. The molecule has 0 aromatic heterocycles. The van der Waals surface area contributed by atoms with Crippen LogP contribution in [0.1, 0.15) is 44.0 Å². The maximum Gasteiger partial charge on any atom is 0.410 e. The third kappa shape index (κ3) is 4.63. The zero-order valence-electron chi connectivity index (χ0n) is 14.8. The second-order valence-electron chi connectivity index (χ2n) is 6.93. The van der Waals surface area contributed by atoms with Crippen LogP contribution < -0.4 is 10.1 Å². The number of hydrogen-bond acceptors (Lipinski definition) is 5. The van der Waals surface area contributed by atoms with E-state index >= 15 is 0 Å². The Morgan fingerprint density at radius 3 is 2.50 bits per heavy atom. The van der Waals surface area contributed by atoms with Crippen molar-refractivity contribution < 1.29 is 19.1 Å². The number of methoxy groups -OCH3 is 1. The van der Waals surface area contributed by atoms with Crippen molar-refractivity contribution in [3.63, 3.8) is 0 Å². The number of amides is 1. The van der Waals surface area contributed by atoms with Gasteiger partial charge in [-0.1, -0.05) is 6.07 Å². The number of piperidine rings is 1. The van der Waals surface area contributed by atoms with Crippen molar-refractivity contribution in [2.24, 2.45) is 0 Å². The summed E-state index contributed by atoms with van der Waals surface area (Å²) < 4.78 is 10.6. The Bertz CT molecular complexity index is 587. The van der Waals surface area contributed by atoms with Gasteiger partial charge >= 0.3 is 6.09 Å². The Morgan fingerprint density at radius 2 is 1.96 bits per heavy atom. The number of ether oxygens (including phenoxy) is 2. The standard InChI is InChI=1S/C18H26N2O4/c1-18(2,3)24-17(22)20-10-8-13(9-11-20)19-15-6-5-7-16(23-4)14(15)12-21/h5-7,12-13,19H,8-11H2,1-4H3. The van der Waals surface area contributed by atoms with Crippen LogP contribution in [0.2, 0.25) is 0 Å². The zero-order valence-corrected chi connectivity index (χ0v) is 14.8. The molecule has 1 heterocycles. The molecule has 0 radical (unpaired) electrons. The van der Waals surface area contributed by atoms with Gasteiger partial charge < -0.3 is 19.7 Å². The molecular weight excluding hydrogens is 308 g/mol. The summed E-state index contributed by atoms with van der Waals surface area (Å²) in [6.07, 6.45) is 2.14. The van der Waals surface area contributed by atoms with Crippen molar-refractivity contribution in [3.05, 3.63) is 23.8 Å². The minimum atomic E-state index is -0.481. The molecule has 132 valence electrons. The van der Waals surface area contributed by atoms with Crippen molar-refractivity contribution in [2.75, 3.05) is 25.5 Å². The van der Waals surface area contributed by atoms with Crippen LogP contribution in [0.4, 0.5) is 10.5 Å². The van der Waals surface area contributed by atoms with E-state index in [0.29, 0.717) is 24.4 Å². The summed E-state index contributed by atoms with van der Waals surface area (Å²) in [5.41, 5.74) is 0.806. The topological polar surface area (TPSA) is 67.9 Å². The molecule has 0 unspecified atom stereocenters. The predicted molar refractivity (Wildman–Crippen MR) is 92.8 cm³/mol. The van der Waals surface area contributed by atoms with E-state index in [1.807, 2.05) is 32.9 Å². The Morgan fingerprint density at radius 1 is 1.29 bits per heavy atom. The average molecular weight is 334 g/mol. The molecule has 2 rings (SSSR count). The highest BCUT2D eigenvalue weighted by atomic mass is 16.6. The second kappa shape index (κ2) is 7.55. The van der Waals surface area contributed by atoms with Gasteiger partial charge in [-0.3, -0.25) is 4.79 Å². The van der Waals surface area contributed by atoms with E-state index in [4.69, 9.17) is 9.47 Å². The average Bonchev–Trinajstić information content (AvgIpc) is 2.53. The molecule has 1 N–H and O–H groups in total. The van der Waals surface area contributed by atoms with Crippen molar-refractivity contribution in [2.45, 2.75) is 45.3 Å². The normalized spacial score (nSPS) is 15.8. The largest absolute Gasteiger partial charge is 0.496 e. The van der Waals surface area contributed by atoms with Gasteiger partial charge in [-0.05, 0) is 45.7 Å². The van der Waals surface area contributed by atoms with E-state index in [0.717, 1.165) is 24.8 Å². The number of aldehydes is 1. The number of carbonyl (C=O) groups is 2. The van der Waals surface area contributed by atoms with Gasteiger partial charge in [0.15, 0.2) is 6.29 Å². The van der Waals surface area contributed by atoms with E-state index < -0.39 is 5.60 Å².